The zero-order valence-electron chi connectivity index (χ0n) is 12.0. The number of carbonyl (C=O) groups is 2. The van der Waals surface area contributed by atoms with Crippen molar-refractivity contribution in [1.82, 2.24) is 0 Å². The Hall–Kier alpha value is -1.90. The van der Waals surface area contributed by atoms with Crippen molar-refractivity contribution < 1.29 is 14.3 Å². The normalized spacial score (nSPS) is 22.9. The SMILES string of the molecule is CCOC(=O)C1(/C(C)=C/c2ccccc2)CCCC1=O. The van der Waals surface area contributed by atoms with Crippen molar-refractivity contribution in [2.24, 2.45) is 5.41 Å². The molecule has 1 aliphatic rings. The van der Waals surface area contributed by atoms with Crippen LogP contribution in [0.5, 0.6) is 0 Å². The number of ether oxygens (including phenoxy) is 1. The topological polar surface area (TPSA) is 43.4 Å². The van der Waals surface area contributed by atoms with E-state index in [9.17, 15) is 9.59 Å². The van der Waals surface area contributed by atoms with Crippen LogP contribution < -0.4 is 0 Å². The second-order valence-corrected chi connectivity index (χ2v) is 5.14. The summed E-state index contributed by atoms with van der Waals surface area (Å²) in [4.78, 5) is 24.6. The van der Waals surface area contributed by atoms with E-state index in [4.69, 9.17) is 4.74 Å². The van der Waals surface area contributed by atoms with E-state index in [-0.39, 0.29) is 5.78 Å². The molecule has 0 aliphatic heterocycles. The summed E-state index contributed by atoms with van der Waals surface area (Å²) in [7, 11) is 0. The Morgan fingerprint density at radius 3 is 2.60 bits per heavy atom. The molecule has 1 aromatic rings. The fourth-order valence-electron chi connectivity index (χ4n) is 2.84. The molecule has 0 radical (unpaired) electrons. The van der Waals surface area contributed by atoms with Crippen molar-refractivity contribution >= 4 is 17.8 Å². The third-order valence-electron chi connectivity index (χ3n) is 3.91. The van der Waals surface area contributed by atoms with Crippen molar-refractivity contribution in [2.45, 2.75) is 33.1 Å². The molecule has 0 heterocycles. The lowest BCUT2D eigenvalue weighted by Gasteiger charge is -2.26. The number of carbonyl (C=O) groups excluding carboxylic acids is 2. The van der Waals surface area contributed by atoms with E-state index in [1.54, 1.807) is 6.92 Å². The van der Waals surface area contributed by atoms with E-state index < -0.39 is 11.4 Å². The molecule has 0 bridgehead atoms. The number of ketones is 1. The molecule has 0 amide bonds. The number of esters is 1. The minimum atomic E-state index is -1.06. The van der Waals surface area contributed by atoms with E-state index >= 15 is 0 Å². The number of Topliss-reactive ketones (excluding diaryl/α,β-unsaturated/α-hetero) is 1. The van der Waals surface area contributed by atoms with Gasteiger partial charge in [-0.05, 0) is 37.8 Å². The van der Waals surface area contributed by atoms with Crippen LogP contribution in [0.2, 0.25) is 0 Å². The van der Waals surface area contributed by atoms with Gasteiger partial charge in [0, 0.05) is 6.42 Å². The first-order valence-electron chi connectivity index (χ1n) is 7.05. The van der Waals surface area contributed by atoms with E-state index in [0.29, 0.717) is 19.4 Å². The van der Waals surface area contributed by atoms with Crippen molar-refractivity contribution in [2.75, 3.05) is 6.61 Å². The van der Waals surface area contributed by atoms with Crippen LogP contribution in [-0.2, 0) is 14.3 Å². The van der Waals surface area contributed by atoms with Crippen LogP contribution in [0.25, 0.3) is 6.08 Å². The van der Waals surface area contributed by atoms with E-state index in [2.05, 4.69) is 0 Å². The highest BCUT2D eigenvalue weighted by molar-refractivity contribution is 6.09. The Morgan fingerprint density at radius 2 is 2.05 bits per heavy atom. The lowest BCUT2D eigenvalue weighted by atomic mass is 9.77. The summed E-state index contributed by atoms with van der Waals surface area (Å²) < 4.78 is 5.16. The van der Waals surface area contributed by atoms with Crippen molar-refractivity contribution in [3.8, 4) is 0 Å². The van der Waals surface area contributed by atoms with Gasteiger partial charge in [-0.1, -0.05) is 36.4 Å². The molecule has 1 fully saturated rings. The molecule has 1 unspecified atom stereocenters. The Balaban J connectivity index is 2.40. The maximum atomic E-state index is 12.3. The van der Waals surface area contributed by atoms with Crippen molar-refractivity contribution in [3.63, 3.8) is 0 Å². The number of hydrogen-bond acceptors (Lipinski definition) is 3. The number of rotatable bonds is 4. The van der Waals surface area contributed by atoms with Gasteiger partial charge in [-0.2, -0.15) is 0 Å². The molecule has 0 saturated heterocycles. The Bertz CT molecular complexity index is 530. The third kappa shape index (κ3) is 2.53. The lowest BCUT2D eigenvalue weighted by Crippen LogP contribution is -2.38. The minimum absolute atomic E-state index is 0.0133. The molecule has 1 aliphatic carbocycles. The molecular weight excluding hydrogens is 252 g/mol. The van der Waals surface area contributed by atoms with Crippen LogP contribution in [0.4, 0.5) is 0 Å². The molecule has 1 aromatic carbocycles. The van der Waals surface area contributed by atoms with Crippen LogP contribution in [0, 0.1) is 5.41 Å². The first kappa shape index (κ1) is 14.5. The van der Waals surface area contributed by atoms with Crippen molar-refractivity contribution in [1.29, 1.82) is 0 Å². The van der Waals surface area contributed by atoms with Crippen LogP contribution in [0.1, 0.15) is 38.7 Å². The molecule has 1 saturated carbocycles. The molecule has 2 rings (SSSR count). The number of hydrogen-bond donors (Lipinski definition) is 0. The lowest BCUT2D eigenvalue weighted by molar-refractivity contribution is -0.156. The van der Waals surface area contributed by atoms with Crippen LogP contribution in [0.3, 0.4) is 0 Å². The summed E-state index contributed by atoms with van der Waals surface area (Å²) in [6.07, 6.45) is 3.68. The highest BCUT2D eigenvalue weighted by Gasteiger charge is 2.51. The van der Waals surface area contributed by atoms with Gasteiger partial charge in [-0.15, -0.1) is 0 Å². The summed E-state index contributed by atoms with van der Waals surface area (Å²) in [5.41, 5.74) is 0.712. The maximum absolute atomic E-state index is 12.3. The van der Waals surface area contributed by atoms with Gasteiger partial charge in [-0.25, -0.2) is 0 Å². The molecule has 20 heavy (non-hydrogen) atoms. The van der Waals surface area contributed by atoms with Gasteiger partial charge in [0.05, 0.1) is 6.61 Å². The molecule has 3 nitrogen and oxygen atoms in total. The van der Waals surface area contributed by atoms with Crippen LogP contribution in [-0.4, -0.2) is 18.4 Å². The highest BCUT2D eigenvalue weighted by Crippen LogP contribution is 2.43. The predicted molar refractivity (Wildman–Crippen MR) is 78.0 cm³/mol. The van der Waals surface area contributed by atoms with Gasteiger partial charge >= 0.3 is 5.97 Å². The average molecular weight is 272 g/mol. The molecule has 0 N–H and O–H groups in total. The van der Waals surface area contributed by atoms with Gasteiger partial charge in [-0.3, -0.25) is 9.59 Å². The van der Waals surface area contributed by atoms with Crippen LogP contribution >= 0.6 is 0 Å². The molecule has 106 valence electrons. The molecule has 0 aromatic heterocycles. The van der Waals surface area contributed by atoms with Crippen LogP contribution in [0.15, 0.2) is 35.9 Å². The number of benzene rings is 1. The third-order valence-corrected chi connectivity index (χ3v) is 3.91. The second kappa shape index (κ2) is 6.04. The van der Waals surface area contributed by atoms with E-state index in [1.807, 2.05) is 43.3 Å². The smallest absolute Gasteiger partial charge is 0.323 e. The van der Waals surface area contributed by atoms with Gasteiger partial charge in [0.25, 0.3) is 0 Å². The van der Waals surface area contributed by atoms with Gasteiger partial charge in [0.2, 0.25) is 0 Å². The Labute approximate surface area is 119 Å². The largest absolute Gasteiger partial charge is 0.465 e. The monoisotopic (exact) mass is 272 g/mol. The minimum Gasteiger partial charge on any atom is -0.465 e. The first-order valence-corrected chi connectivity index (χ1v) is 7.05. The first-order chi connectivity index (χ1) is 9.61. The Morgan fingerprint density at radius 1 is 1.35 bits per heavy atom. The fraction of sp³-hybridized carbons (Fsp3) is 0.412. The Kier molecular flexibility index (Phi) is 4.38. The summed E-state index contributed by atoms with van der Waals surface area (Å²) in [6, 6.07) is 9.73. The van der Waals surface area contributed by atoms with E-state index in [1.165, 1.54) is 0 Å². The maximum Gasteiger partial charge on any atom is 0.323 e. The molecular formula is C17H20O3. The average Bonchev–Trinajstić information content (AvgIpc) is 2.83. The summed E-state index contributed by atoms with van der Waals surface area (Å²) in [5.74, 6) is -0.409. The zero-order chi connectivity index (χ0) is 14.6. The predicted octanol–water partition coefficient (Wildman–Crippen LogP) is 3.39. The zero-order valence-corrected chi connectivity index (χ0v) is 12.0. The molecule has 3 heteroatoms. The second-order valence-electron chi connectivity index (χ2n) is 5.14. The standard InChI is InChI=1S/C17H20O3/c1-3-20-16(19)17(11-7-10-15(17)18)13(2)12-14-8-5-4-6-9-14/h4-6,8-9,12H,3,7,10-11H2,1-2H3/b13-12+. The fourth-order valence-corrected chi connectivity index (χ4v) is 2.84. The van der Waals surface area contributed by atoms with Gasteiger partial charge in [0.1, 0.15) is 5.41 Å². The highest BCUT2D eigenvalue weighted by atomic mass is 16.5. The summed E-state index contributed by atoms with van der Waals surface area (Å²) in [6.45, 7) is 3.92. The van der Waals surface area contributed by atoms with Crippen molar-refractivity contribution in [3.05, 3.63) is 41.5 Å². The molecule has 0 spiro atoms. The van der Waals surface area contributed by atoms with Gasteiger partial charge < -0.3 is 4.74 Å². The quantitative estimate of drug-likeness (QED) is 0.623. The van der Waals surface area contributed by atoms with Gasteiger partial charge in [0.15, 0.2) is 5.78 Å². The molecule has 1 atom stereocenters. The summed E-state index contributed by atoms with van der Waals surface area (Å²) >= 11 is 0. The summed E-state index contributed by atoms with van der Waals surface area (Å²) in [5, 5.41) is 0. The van der Waals surface area contributed by atoms with E-state index in [0.717, 1.165) is 17.6 Å².